The number of pyridine rings is 3. The van der Waals surface area contributed by atoms with Crippen LogP contribution in [0.25, 0.3) is 32.7 Å². The molecule has 165 valence electrons. The van der Waals surface area contributed by atoms with Crippen LogP contribution in [0, 0.1) is 41.3 Å². The second-order valence-electron chi connectivity index (χ2n) is 7.06. The van der Waals surface area contributed by atoms with Crippen molar-refractivity contribution in [3.8, 4) is 17.2 Å². The van der Waals surface area contributed by atoms with E-state index >= 15 is 0 Å². The van der Waals surface area contributed by atoms with Crippen LogP contribution >= 0.6 is 0 Å². The number of hydrogen-bond donors (Lipinski definition) is 3. The molecule has 3 N–H and O–H groups in total. The van der Waals surface area contributed by atoms with Crippen LogP contribution in [0.5, 0.6) is 17.2 Å². The van der Waals surface area contributed by atoms with E-state index in [0.29, 0.717) is 16.6 Å². The Morgan fingerprint density at radius 3 is 0.912 bits per heavy atom. The Bertz CT molecular complexity index is 1330. The molecule has 0 bridgehead atoms. The Labute approximate surface area is 229 Å². The summed E-state index contributed by atoms with van der Waals surface area (Å²) in [5.41, 5.74) is 1.99. The second kappa shape index (κ2) is 12.2. The van der Waals surface area contributed by atoms with Crippen molar-refractivity contribution in [3.63, 3.8) is 0 Å². The molecule has 0 aliphatic rings. The molecular formula is C27H21N3O3Pr. The van der Waals surface area contributed by atoms with E-state index in [9.17, 15) is 15.3 Å². The molecular weight excluding hydrogens is 555 g/mol. The molecule has 6 nitrogen and oxygen atoms in total. The fourth-order valence-corrected chi connectivity index (χ4v) is 3.26. The first-order valence-corrected chi connectivity index (χ1v) is 10.2. The van der Waals surface area contributed by atoms with E-state index in [4.69, 9.17) is 0 Å². The minimum atomic E-state index is 0. The molecule has 3 aromatic heterocycles. The van der Waals surface area contributed by atoms with Gasteiger partial charge in [-0.2, -0.15) is 0 Å². The first kappa shape index (κ1) is 25.3. The molecule has 0 spiro atoms. The minimum absolute atomic E-state index is 0. The number of para-hydroxylation sites is 3. The zero-order valence-electron chi connectivity index (χ0n) is 18.2. The molecule has 6 rings (SSSR count). The van der Waals surface area contributed by atoms with Gasteiger partial charge in [0.05, 0.1) is 0 Å². The predicted molar refractivity (Wildman–Crippen MR) is 130 cm³/mol. The van der Waals surface area contributed by atoms with Gasteiger partial charge in [0.15, 0.2) is 0 Å². The molecule has 1 radical (unpaired) electrons. The molecule has 0 unspecified atom stereocenters. The molecule has 0 amide bonds. The summed E-state index contributed by atoms with van der Waals surface area (Å²) in [4.78, 5) is 12.1. The van der Waals surface area contributed by atoms with Crippen molar-refractivity contribution in [2.75, 3.05) is 0 Å². The van der Waals surface area contributed by atoms with E-state index in [1.54, 1.807) is 55.0 Å². The zero-order chi connectivity index (χ0) is 23.0. The van der Waals surface area contributed by atoms with Gasteiger partial charge in [0.1, 0.15) is 33.8 Å². The molecule has 0 aliphatic carbocycles. The van der Waals surface area contributed by atoms with Crippen LogP contribution in [0.2, 0.25) is 0 Å². The molecule has 6 aromatic rings. The third-order valence-corrected chi connectivity index (χ3v) is 4.83. The molecule has 0 fully saturated rings. The Balaban J connectivity index is 0.000000141. The number of hydrogen-bond acceptors (Lipinski definition) is 6. The molecule has 0 saturated carbocycles. The molecule has 34 heavy (non-hydrogen) atoms. The van der Waals surface area contributed by atoms with Gasteiger partial charge in [-0.1, -0.05) is 54.6 Å². The first-order chi connectivity index (χ1) is 16.1. The summed E-state index contributed by atoms with van der Waals surface area (Å²) < 4.78 is 0. The van der Waals surface area contributed by atoms with Crippen molar-refractivity contribution in [1.82, 2.24) is 15.0 Å². The van der Waals surface area contributed by atoms with E-state index in [2.05, 4.69) is 15.0 Å². The summed E-state index contributed by atoms with van der Waals surface area (Å²) in [5.74, 6) is 0.717. The van der Waals surface area contributed by atoms with Gasteiger partial charge in [0.2, 0.25) is 0 Å². The summed E-state index contributed by atoms with van der Waals surface area (Å²) in [5, 5.41) is 30.8. The summed E-state index contributed by atoms with van der Waals surface area (Å²) in [6, 6.07) is 27.4. The number of phenols is 3. The van der Waals surface area contributed by atoms with Crippen molar-refractivity contribution >= 4 is 32.7 Å². The van der Waals surface area contributed by atoms with Crippen LogP contribution in [0.4, 0.5) is 0 Å². The Morgan fingerprint density at radius 1 is 0.382 bits per heavy atom. The van der Waals surface area contributed by atoms with Gasteiger partial charge in [-0.05, 0) is 36.4 Å². The van der Waals surface area contributed by atoms with Crippen LogP contribution < -0.4 is 0 Å². The summed E-state index contributed by atoms with van der Waals surface area (Å²) in [6.07, 6.45) is 5.01. The van der Waals surface area contributed by atoms with Gasteiger partial charge in [-0.25, -0.2) is 0 Å². The van der Waals surface area contributed by atoms with Gasteiger partial charge in [-0.3, -0.25) is 15.0 Å². The summed E-state index contributed by atoms with van der Waals surface area (Å²) >= 11 is 0. The molecule has 3 heterocycles. The van der Waals surface area contributed by atoms with Crippen molar-refractivity contribution < 1.29 is 56.6 Å². The maximum Gasteiger partial charge on any atom is 0.141 e. The smallest absolute Gasteiger partial charge is 0.141 e. The largest absolute Gasteiger partial charge is 0.506 e. The van der Waals surface area contributed by atoms with E-state index in [1.807, 2.05) is 54.6 Å². The Morgan fingerprint density at radius 2 is 0.647 bits per heavy atom. The van der Waals surface area contributed by atoms with E-state index in [0.717, 1.165) is 16.2 Å². The topological polar surface area (TPSA) is 99.4 Å². The van der Waals surface area contributed by atoms with Gasteiger partial charge in [0, 0.05) is 76.0 Å². The summed E-state index contributed by atoms with van der Waals surface area (Å²) in [7, 11) is 0. The predicted octanol–water partition coefficient (Wildman–Crippen LogP) is 5.82. The molecule has 7 heteroatoms. The molecule has 0 saturated heterocycles. The van der Waals surface area contributed by atoms with Gasteiger partial charge >= 0.3 is 0 Å². The minimum Gasteiger partial charge on any atom is -0.506 e. The monoisotopic (exact) mass is 576 g/mol. The second-order valence-corrected chi connectivity index (χ2v) is 7.06. The van der Waals surface area contributed by atoms with Crippen LogP contribution in [0.1, 0.15) is 0 Å². The maximum absolute atomic E-state index is 9.31. The normalized spacial score (nSPS) is 9.88. The van der Waals surface area contributed by atoms with Gasteiger partial charge in [0.25, 0.3) is 0 Å². The van der Waals surface area contributed by atoms with Crippen molar-refractivity contribution in [3.05, 3.63) is 110 Å². The molecule has 0 atom stereocenters. The number of rotatable bonds is 0. The number of nitrogens with zero attached hydrogens (tertiary/aromatic N) is 3. The van der Waals surface area contributed by atoms with E-state index < -0.39 is 0 Å². The first-order valence-electron chi connectivity index (χ1n) is 10.2. The fraction of sp³-hybridized carbons (Fsp3) is 0. The Kier molecular flexibility index (Phi) is 9.08. The third kappa shape index (κ3) is 6.16. The molecule has 3 aromatic carbocycles. The zero-order valence-corrected chi connectivity index (χ0v) is 21.9. The van der Waals surface area contributed by atoms with Gasteiger partial charge < -0.3 is 15.3 Å². The van der Waals surface area contributed by atoms with Crippen molar-refractivity contribution in [1.29, 1.82) is 0 Å². The van der Waals surface area contributed by atoms with Crippen molar-refractivity contribution in [2.45, 2.75) is 0 Å². The number of phenolic OH excluding ortho intramolecular Hbond substituents is 3. The van der Waals surface area contributed by atoms with Crippen LogP contribution in [-0.4, -0.2) is 30.3 Å². The fourth-order valence-electron chi connectivity index (χ4n) is 3.26. The average molecular weight is 576 g/mol. The van der Waals surface area contributed by atoms with Crippen LogP contribution in [0.15, 0.2) is 110 Å². The number of aromatic nitrogens is 3. The number of fused-ring (bicyclic) bond motifs is 3. The van der Waals surface area contributed by atoms with E-state index in [1.165, 1.54) is 0 Å². The standard InChI is InChI=1S/3C9H7NO.Pr/c3*11-8-5-1-3-7-4-2-6-10-9(7)8;/h3*1-6,11H;. The van der Waals surface area contributed by atoms with Crippen LogP contribution in [0.3, 0.4) is 0 Å². The van der Waals surface area contributed by atoms with Gasteiger partial charge in [-0.15, -0.1) is 0 Å². The van der Waals surface area contributed by atoms with Crippen LogP contribution in [-0.2, 0) is 0 Å². The quantitative estimate of drug-likeness (QED) is 0.211. The SMILES string of the molecule is Oc1cccc2cccnc12.Oc1cccc2cccnc12.Oc1cccc2cccnc12.[Pr]. The van der Waals surface area contributed by atoms with Crippen molar-refractivity contribution in [2.24, 2.45) is 0 Å². The maximum atomic E-state index is 9.31. The molecule has 0 aliphatic heterocycles. The number of benzene rings is 3. The average Bonchev–Trinajstić information content (AvgIpc) is 2.86. The Hall–Kier alpha value is -3.35. The summed E-state index contributed by atoms with van der Waals surface area (Å²) in [6.45, 7) is 0. The van der Waals surface area contributed by atoms with E-state index in [-0.39, 0.29) is 58.5 Å². The number of aromatic hydroxyl groups is 3. The third-order valence-electron chi connectivity index (χ3n) is 4.83.